The first-order valence-corrected chi connectivity index (χ1v) is 6.62. The van der Waals surface area contributed by atoms with Gasteiger partial charge in [-0.3, -0.25) is 4.79 Å². The number of Topliss-reactive ketones (excluding diaryl/α,β-unsaturated/α-hetero) is 1. The Hall–Kier alpha value is -1.90. The van der Waals surface area contributed by atoms with Crippen LogP contribution in [0.2, 0.25) is 0 Å². The molecule has 1 fully saturated rings. The van der Waals surface area contributed by atoms with Gasteiger partial charge in [0.2, 0.25) is 0 Å². The number of allylic oxidation sites excluding steroid dienone is 1. The maximum absolute atomic E-state index is 11.7. The van der Waals surface area contributed by atoms with Crippen LogP contribution in [-0.2, 0) is 9.59 Å². The van der Waals surface area contributed by atoms with Crippen LogP contribution in [0.5, 0.6) is 0 Å². The number of aliphatic carboxylic acids is 1. The van der Waals surface area contributed by atoms with Crippen LogP contribution in [0.3, 0.4) is 0 Å². The van der Waals surface area contributed by atoms with E-state index in [4.69, 9.17) is 0 Å². The topological polar surface area (TPSA) is 57.2 Å². The molecule has 2 rings (SSSR count). The summed E-state index contributed by atoms with van der Waals surface area (Å²) in [4.78, 5) is 22.5. The van der Waals surface area contributed by atoms with E-state index >= 15 is 0 Å². The fraction of sp³-hybridized carbons (Fsp3) is 0.375. The predicted octanol–water partition coefficient (Wildman–Crippen LogP) is 2.07. The molecule has 3 heteroatoms. The lowest BCUT2D eigenvalue weighted by atomic mass is 9.91. The summed E-state index contributed by atoms with van der Waals surface area (Å²) in [6, 6.07) is 7.26. The summed E-state index contributed by atoms with van der Waals surface area (Å²) in [7, 11) is 0. The van der Waals surface area contributed by atoms with Gasteiger partial charge in [-0.1, -0.05) is 31.2 Å². The zero-order valence-electron chi connectivity index (χ0n) is 11.0. The first-order chi connectivity index (χ1) is 9.08. The SMILES string of the molecule is C[C@H](C(=O)[O-])c1ccc(/C=C2\CCCCC2=O)cc1. The van der Waals surface area contributed by atoms with E-state index in [2.05, 4.69) is 0 Å². The smallest absolute Gasteiger partial charge is 0.158 e. The second-order valence-corrected chi connectivity index (χ2v) is 5.01. The maximum Gasteiger partial charge on any atom is 0.158 e. The van der Waals surface area contributed by atoms with Crippen molar-refractivity contribution < 1.29 is 14.7 Å². The Kier molecular flexibility index (Phi) is 4.15. The number of hydrogen-bond donors (Lipinski definition) is 0. The molecule has 0 unspecified atom stereocenters. The van der Waals surface area contributed by atoms with E-state index in [-0.39, 0.29) is 5.78 Å². The first-order valence-electron chi connectivity index (χ1n) is 6.62. The monoisotopic (exact) mass is 257 g/mol. The van der Waals surface area contributed by atoms with Gasteiger partial charge >= 0.3 is 0 Å². The fourth-order valence-corrected chi connectivity index (χ4v) is 2.27. The van der Waals surface area contributed by atoms with Crippen LogP contribution in [0.15, 0.2) is 29.8 Å². The van der Waals surface area contributed by atoms with Gasteiger partial charge in [-0.15, -0.1) is 0 Å². The highest BCUT2D eigenvalue weighted by Crippen LogP contribution is 2.23. The molecule has 1 atom stereocenters. The van der Waals surface area contributed by atoms with Gasteiger partial charge in [0.1, 0.15) is 0 Å². The summed E-state index contributed by atoms with van der Waals surface area (Å²) >= 11 is 0. The van der Waals surface area contributed by atoms with Crippen molar-refractivity contribution in [2.24, 2.45) is 0 Å². The lowest BCUT2D eigenvalue weighted by Gasteiger charge is -2.14. The summed E-state index contributed by atoms with van der Waals surface area (Å²) < 4.78 is 0. The number of carbonyl (C=O) groups is 2. The van der Waals surface area contributed by atoms with E-state index < -0.39 is 11.9 Å². The third-order valence-corrected chi connectivity index (χ3v) is 3.59. The summed E-state index contributed by atoms with van der Waals surface area (Å²) in [6.07, 6.45) is 5.45. The standard InChI is InChI=1S/C16H18O3/c1-11(16(18)19)13-8-6-12(7-9-13)10-14-4-2-3-5-15(14)17/h6-11H,2-5H2,1H3,(H,18,19)/p-1/b14-10+/t11-/m0/s1. The van der Waals surface area contributed by atoms with E-state index in [0.717, 1.165) is 36.0 Å². The summed E-state index contributed by atoms with van der Waals surface area (Å²) in [5.74, 6) is -1.45. The average Bonchev–Trinajstić information content (AvgIpc) is 2.41. The van der Waals surface area contributed by atoms with Gasteiger partial charge in [0.15, 0.2) is 5.78 Å². The van der Waals surface area contributed by atoms with Gasteiger partial charge in [-0.25, -0.2) is 0 Å². The Morgan fingerprint density at radius 2 is 1.84 bits per heavy atom. The molecule has 1 aromatic carbocycles. The minimum Gasteiger partial charge on any atom is -0.550 e. The van der Waals surface area contributed by atoms with Crippen LogP contribution in [0.1, 0.15) is 49.7 Å². The number of carboxylic acid groups (broad SMARTS) is 1. The zero-order chi connectivity index (χ0) is 13.8. The van der Waals surface area contributed by atoms with Gasteiger partial charge in [0.05, 0.1) is 0 Å². The van der Waals surface area contributed by atoms with Gasteiger partial charge in [0.25, 0.3) is 0 Å². The highest BCUT2D eigenvalue weighted by atomic mass is 16.4. The second kappa shape index (κ2) is 5.83. The molecule has 1 aromatic rings. The molecule has 0 aliphatic heterocycles. The van der Waals surface area contributed by atoms with Crippen molar-refractivity contribution in [3.8, 4) is 0 Å². The number of rotatable bonds is 3. The minimum atomic E-state index is -1.08. The normalized spacial score (nSPS) is 19.4. The number of carboxylic acids is 1. The van der Waals surface area contributed by atoms with Crippen LogP contribution in [0.25, 0.3) is 6.08 Å². The van der Waals surface area contributed by atoms with Crippen LogP contribution in [0.4, 0.5) is 0 Å². The molecule has 0 heterocycles. The summed E-state index contributed by atoms with van der Waals surface area (Å²) in [5.41, 5.74) is 2.55. The van der Waals surface area contributed by atoms with Crippen molar-refractivity contribution in [1.29, 1.82) is 0 Å². The Balaban J connectivity index is 2.16. The first kappa shape index (κ1) is 13.5. The zero-order valence-corrected chi connectivity index (χ0v) is 11.0. The molecular formula is C16H17O3-. The molecule has 0 bridgehead atoms. The molecule has 3 nitrogen and oxygen atoms in total. The van der Waals surface area contributed by atoms with Gasteiger partial charge in [-0.2, -0.15) is 0 Å². The quantitative estimate of drug-likeness (QED) is 0.779. The van der Waals surface area contributed by atoms with Crippen LogP contribution in [-0.4, -0.2) is 11.8 Å². The lowest BCUT2D eigenvalue weighted by molar-refractivity contribution is -0.307. The Bertz CT molecular complexity index is 511. The number of hydrogen-bond acceptors (Lipinski definition) is 3. The van der Waals surface area contributed by atoms with Crippen molar-refractivity contribution in [2.45, 2.75) is 38.5 Å². The van der Waals surface area contributed by atoms with Crippen LogP contribution < -0.4 is 5.11 Å². The summed E-state index contributed by atoms with van der Waals surface area (Å²) in [6.45, 7) is 1.60. The Labute approximate surface area is 113 Å². The Morgan fingerprint density at radius 1 is 1.21 bits per heavy atom. The van der Waals surface area contributed by atoms with E-state index in [0.29, 0.717) is 6.42 Å². The van der Waals surface area contributed by atoms with Crippen molar-refractivity contribution in [3.63, 3.8) is 0 Å². The number of ketones is 1. The fourth-order valence-electron chi connectivity index (χ4n) is 2.27. The van der Waals surface area contributed by atoms with Crippen molar-refractivity contribution in [2.75, 3.05) is 0 Å². The molecule has 0 radical (unpaired) electrons. The molecule has 1 saturated carbocycles. The van der Waals surface area contributed by atoms with Gasteiger partial charge in [-0.05, 0) is 42.0 Å². The average molecular weight is 257 g/mol. The molecule has 1 aliphatic carbocycles. The molecule has 0 N–H and O–H groups in total. The highest BCUT2D eigenvalue weighted by Gasteiger charge is 2.14. The molecular weight excluding hydrogens is 240 g/mol. The van der Waals surface area contributed by atoms with Gasteiger partial charge < -0.3 is 9.90 Å². The number of benzene rings is 1. The minimum absolute atomic E-state index is 0.235. The van der Waals surface area contributed by atoms with Crippen LogP contribution in [0, 0.1) is 0 Å². The van der Waals surface area contributed by atoms with E-state index in [1.807, 2.05) is 18.2 Å². The Morgan fingerprint density at radius 3 is 2.42 bits per heavy atom. The van der Waals surface area contributed by atoms with E-state index in [1.54, 1.807) is 19.1 Å². The molecule has 0 amide bonds. The maximum atomic E-state index is 11.7. The largest absolute Gasteiger partial charge is 0.550 e. The highest BCUT2D eigenvalue weighted by molar-refractivity contribution is 6.00. The molecule has 0 spiro atoms. The molecule has 19 heavy (non-hydrogen) atoms. The van der Waals surface area contributed by atoms with E-state index in [1.165, 1.54) is 0 Å². The van der Waals surface area contributed by atoms with Crippen molar-refractivity contribution in [1.82, 2.24) is 0 Å². The molecule has 0 saturated heterocycles. The third-order valence-electron chi connectivity index (χ3n) is 3.59. The van der Waals surface area contributed by atoms with Gasteiger partial charge in [0, 0.05) is 18.3 Å². The molecule has 100 valence electrons. The summed E-state index contributed by atoms with van der Waals surface area (Å²) in [5, 5.41) is 10.8. The molecule has 0 aromatic heterocycles. The lowest BCUT2D eigenvalue weighted by Crippen LogP contribution is -2.27. The van der Waals surface area contributed by atoms with Crippen molar-refractivity contribution >= 4 is 17.8 Å². The third kappa shape index (κ3) is 3.31. The predicted molar refractivity (Wildman–Crippen MR) is 71.3 cm³/mol. The molecule has 1 aliphatic rings. The van der Waals surface area contributed by atoms with E-state index in [9.17, 15) is 14.7 Å². The van der Waals surface area contributed by atoms with Crippen LogP contribution >= 0.6 is 0 Å². The number of carbonyl (C=O) groups excluding carboxylic acids is 2. The van der Waals surface area contributed by atoms with Crippen molar-refractivity contribution in [3.05, 3.63) is 41.0 Å². The second-order valence-electron chi connectivity index (χ2n) is 5.01.